The van der Waals surface area contributed by atoms with Crippen molar-refractivity contribution in [2.45, 2.75) is 32.6 Å². The van der Waals surface area contributed by atoms with Crippen LogP contribution in [0.2, 0.25) is 0 Å². The second kappa shape index (κ2) is 7.23. The normalized spacial score (nSPS) is 9.78. The quantitative estimate of drug-likeness (QED) is 0.416. The molecule has 0 atom stereocenters. The van der Waals surface area contributed by atoms with Crippen molar-refractivity contribution in [1.82, 2.24) is 0 Å². The average Bonchev–Trinajstić information content (AvgIpc) is 1.89. The zero-order valence-corrected chi connectivity index (χ0v) is 5.93. The van der Waals surface area contributed by atoms with E-state index in [1.807, 2.05) is 0 Å². The van der Waals surface area contributed by atoms with Crippen molar-refractivity contribution in [3.05, 3.63) is 12.2 Å². The summed E-state index contributed by atoms with van der Waals surface area (Å²) in [5, 5.41) is 8.14. The molecule has 0 aliphatic carbocycles. The molecule has 1 nitrogen and oxygen atoms in total. The molecule has 0 amide bonds. The molecule has 0 aromatic carbocycles. The molecule has 1 heteroatoms. The van der Waals surface area contributed by atoms with Crippen molar-refractivity contribution in [3.8, 4) is 6.07 Å². The van der Waals surface area contributed by atoms with Gasteiger partial charge in [-0.05, 0) is 12.8 Å². The number of hydrogen-bond donors (Lipinski definition) is 0. The van der Waals surface area contributed by atoms with Gasteiger partial charge in [0.2, 0.25) is 0 Å². The van der Waals surface area contributed by atoms with Gasteiger partial charge in [-0.25, -0.2) is 0 Å². The van der Waals surface area contributed by atoms with E-state index in [9.17, 15) is 0 Å². The van der Waals surface area contributed by atoms with Crippen LogP contribution in [0.25, 0.3) is 0 Å². The van der Waals surface area contributed by atoms with Gasteiger partial charge in [0.25, 0.3) is 0 Å². The zero-order valence-electron chi connectivity index (χ0n) is 5.93. The Morgan fingerprint density at radius 2 is 2.00 bits per heavy atom. The van der Waals surface area contributed by atoms with Crippen LogP contribution in [0.1, 0.15) is 32.6 Å². The van der Waals surface area contributed by atoms with Gasteiger partial charge >= 0.3 is 0 Å². The fourth-order valence-electron chi connectivity index (χ4n) is 0.550. The maximum absolute atomic E-state index is 8.14. The molecule has 0 spiro atoms. The van der Waals surface area contributed by atoms with E-state index in [4.69, 9.17) is 5.26 Å². The number of allylic oxidation sites excluding steroid dienone is 2. The molecule has 0 saturated heterocycles. The van der Waals surface area contributed by atoms with Crippen LogP contribution < -0.4 is 0 Å². The lowest BCUT2D eigenvalue weighted by molar-refractivity contribution is 0.945. The Labute approximate surface area is 57.0 Å². The fourth-order valence-corrected chi connectivity index (χ4v) is 0.550. The Morgan fingerprint density at radius 1 is 1.33 bits per heavy atom. The van der Waals surface area contributed by atoms with E-state index in [0.29, 0.717) is 6.42 Å². The highest BCUT2D eigenvalue weighted by molar-refractivity contribution is 4.84. The predicted octanol–water partition coefficient (Wildman–Crippen LogP) is 2.65. The lowest BCUT2D eigenvalue weighted by atomic mass is 10.2. The second-order valence-corrected chi connectivity index (χ2v) is 1.96. The van der Waals surface area contributed by atoms with Crippen molar-refractivity contribution in [3.63, 3.8) is 0 Å². The maximum Gasteiger partial charge on any atom is 0.0624 e. The Balaban J connectivity index is 2.97. The van der Waals surface area contributed by atoms with E-state index in [0.717, 1.165) is 12.8 Å². The molecule has 0 rings (SSSR count). The Morgan fingerprint density at radius 3 is 2.56 bits per heavy atom. The summed E-state index contributed by atoms with van der Waals surface area (Å²) in [6, 6.07) is 2.09. The largest absolute Gasteiger partial charge is 0.198 e. The summed E-state index contributed by atoms with van der Waals surface area (Å²) in [7, 11) is 0. The molecule has 0 heterocycles. The Bertz CT molecular complexity index is 108. The minimum Gasteiger partial charge on any atom is -0.198 e. The van der Waals surface area contributed by atoms with E-state index in [1.54, 1.807) is 0 Å². The maximum atomic E-state index is 8.14. The SMILES string of the molecule is CCCC=CCCC#N. The summed E-state index contributed by atoms with van der Waals surface area (Å²) in [6.07, 6.45) is 8.12. The zero-order chi connectivity index (χ0) is 6.95. The number of nitriles is 1. The van der Waals surface area contributed by atoms with Crippen molar-refractivity contribution in [1.29, 1.82) is 5.26 Å². The molecule has 0 unspecified atom stereocenters. The molecule has 0 fully saturated rings. The molecule has 0 aliphatic rings. The number of rotatable bonds is 4. The van der Waals surface area contributed by atoms with Crippen LogP contribution >= 0.6 is 0 Å². The molecule has 9 heavy (non-hydrogen) atoms. The van der Waals surface area contributed by atoms with Crippen LogP contribution in [0.3, 0.4) is 0 Å². The molecule has 0 aliphatic heterocycles. The van der Waals surface area contributed by atoms with Gasteiger partial charge in [0.15, 0.2) is 0 Å². The average molecular weight is 123 g/mol. The smallest absolute Gasteiger partial charge is 0.0624 e. The molecule has 50 valence electrons. The van der Waals surface area contributed by atoms with E-state index in [-0.39, 0.29) is 0 Å². The Kier molecular flexibility index (Phi) is 6.61. The minimum atomic E-state index is 0.653. The summed E-state index contributed by atoms with van der Waals surface area (Å²) in [5.74, 6) is 0. The third-order valence-corrected chi connectivity index (χ3v) is 1.04. The summed E-state index contributed by atoms with van der Waals surface area (Å²) in [5.41, 5.74) is 0. The van der Waals surface area contributed by atoms with Crippen molar-refractivity contribution in [2.24, 2.45) is 0 Å². The fraction of sp³-hybridized carbons (Fsp3) is 0.625. The molecule has 0 aromatic heterocycles. The molecular formula is C8H13N. The number of hydrogen-bond acceptors (Lipinski definition) is 1. The summed E-state index contributed by atoms with van der Waals surface area (Å²) >= 11 is 0. The second-order valence-electron chi connectivity index (χ2n) is 1.96. The van der Waals surface area contributed by atoms with Gasteiger partial charge in [-0.2, -0.15) is 5.26 Å². The van der Waals surface area contributed by atoms with E-state index < -0.39 is 0 Å². The van der Waals surface area contributed by atoms with Crippen LogP contribution in [-0.4, -0.2) is 0 Å². The summed E-state index contributed by atoms with van der Waals surface area (Å²) in [4.78, 5) is 0. The first kappa shape index (κ1) is 8.23. The summed E-state index contributed by atoms with van der Waals surface area (Å²) in [6.45, 7) is 2.15. The molecular weight excluding hydrogens is 110 g/mol. The van der Waals surface area contributed by atoms with Gasteiger partial charge < -0.3 is 0 Å². The monoisotopic (exact) mass is 123 g/mol. The van der Waals surface area contributed by atoms with Crippen LogP contribution in [0.15, 0.2) is 12.2 Å². The van der Waals surface area contributed by atoms with Gasteiger partial charge in [-0.3, -0.25) is 0 Å². The first-order valence-electron chi connectivity index (χ1n) is 3.43. The lowest BCUT2D eigenvalue weighted by Crippen LogP contribution is -1.64. The van der Waals surface area contributed by atoms with Gasteiger partial charge in [0, 0.05) is 6.42 Å². The predicted molar refractivity (Wildman–Crippen MR) is 38.9 cm³/mol. The highest BCUT2D eigenvalue weighted by Crippen LogP contribution is 1.92. The first-order valence-corrected chi connectivity index (χ1v) is 3.43. The molecule has 0 saturated carbocycles. The Hall–Kier alpha value is -0.770. The van der Waals surface area contributed by atoms with Crippen LogP contribution in [-0.2, 0) is 0 Å². The van der Waals surface area contributed by atoms with Gasteiger partial charge in [-0.1, -0.05) is 25.5 Å². The summed E-state index contributed by atoms with van der Waals surface area (Å²) < 4.78 is 0. The highest BCUT2D eigenvalue weighted by atomic mass is 14.2. The third kappa shape index (κ3) is 7.23. The lowest BCUT2D eigenvalue weighted by Gasteiger charge is -1.82. The topological polar surface area (TPSA) is 23.8 Å². The minimum absolute atomic E-state index is 0.653. The molecule has 0 aromatic rings. The van der Waals surface area contributed by atoms with Crippen LogP contribution in [0.5, 0.6) is 0 Å². The van der Waals surface area contributed by atoms with Crippen molar-refractivity contribution >= 4 is 0 Å². The number of nitrogens with zero attached hydrogens (tertiary/aromatic N) is 1. The van der Waals surface area contributed by atoms with Crippen LogP contribution in [0, 0.1) is 11.3 Å². The van der Waals surface area contributed by atoms with E-state index >= 15 is 0 Å². The van der Waals surface area contributed by atoms with Gasteiger partial charge in [0.05, 0.1) is 6.07 Å². The molecule has 0 radical (unpaired) electrons. The standard InChI is InChI=1S/C8H13N/c1-2-3-4-5-6-7-8-9/h4-5H,2-3,6-7H2,1H3. The first-order chi connectivity index (χ1) is 4.41. The third-order valence-electron chi connectivity index (χ3n) is 1.04. The molecule has 0 bridgehead atoms. The highest BCUT2D eigenvalue weighted by Gasteiger charge is 1.75. The molecule has 0 N–H and O–H groups in total. The van der Waals surface area contributed by atoms with Crippen LogP contribution in [0.4, 0.5) is 0 Å². The van der Waals surface area contributed by atoms with Gasteiger partial charge in [-0.15, -0.1) is 0 Å². The van der Waals surface area contributed by atoms with Crippen molar-refractivity contribution < 1.29 is 0 Å². The van der Waals surface area contributed by atoms with Gasteiger partial charge in [0.1, 0.15) is 0 Å². The van der Waals surface area contributed by atoms with E-state index in [2.05, 4.69) is 25.1 Å². The number of unbranched alkanes of at least 4 members (excludes halogenated alkanes) is 2. The van der Waals surface area contributed by atoms with Crippen molar-refractivity contribution in [2.75, 3.05) is 0 Å². The van der Waals surface area contributed by atoms with E-state index in [1.165, 1.54) is 6.42 Å².